The fourth-order valence-corrected chi connectivity index (χ4v) is 0.793. The molecule has 0 saturated heterocycles. The highest BCUT2D eigenvalue weighted by Crippen LogP contribution is 2.08. The molecule has 0 heterocycles. The van der Waals surface area contributed by atoms with E-state index in [4.69, 9.17) is 0 Å². The molecular formula is C13H18. The van der Waals surface area contributed by atoms with Crippen LogP contribution in [0.15, 0.2) is 60.3 Å². The fourth-order valence-electron chi connectivity index (χ4n) is 0.793. The minimum atomic E-state index is 1.06. The zero-order valence-electron chi connectivity index (χ0n) is 8.80. The molecule has 0 unspecified atom stereocenters. The second kappa shape index (κ2) is 6.24. The molecule has 0 N–H and O–H groups in total. The van der Waals surface area contributed by atoms with Gasteiger partial charge in [0.25, 0.3) is 0 Å². The molecule has 0 rings (SSSR count). The van der Waals surface area contributed by atoms with E-state index < -0.39 is 0 Å². The Balaban J connectivity index is 4.66. The zero-order valence-corrected chi connectivity index (χ0v) is 8.80. The van der Waals surface area contributed by atoms with Gasteiger partial charge in [0, 0.05) is 0 Å². The monoisotopic (exact) mass is 174 g/mol. The molecular weight excluding hydrogens is 156 g/mol. The summed E-state index contributed by atoms with van der Waals surface area (Å²) in [7, 11) is 0. The van der Waals surface area contributed by atoms with Gasteiger partial charge in [-0.2, -0.15) is 0 Å². The Kier molecular flexibility index (Phi) is 5.62. The van der Waals surface area contributed by atoms with Crippen molar-refractivity contribution in [3.05, 3.63) is 60.3 Å². The van der Waals surface area contributed by atoms with Crippen LogP contribution < -0.4 is 0 Å². The number of allylic oxidation sites excluding steroid dienone is 8. The second-order valence-corrected chi connectivity index (χ2v) is 3.23. The lowest BCUT2D eigenvalue weighted by Gasteiger charge is -1.97. The maximum absolute atomic E-state index is 3.81. The number of hydrogen-bond acceptors (Lipinski definition) is 0. The zero-order chi connectivity index (χ0) is 10.3. The van der Waals surface area contributed by atoms with Gasteiger partial charge in [-0.15, -0.1) is 0 Å². The van der Waals surface area contributed by atoms with Crippen LogP contribution in [0.4, 0.5) is 0 Å². The molecule has 0 nitrogen and oxygen atoms in total. The third-order valence-corrected chi connectivity index (χ3v) is 1.54. The molecule has 0 spiro atoms. The Morgan fingerprint density at radius 3 is 2.00 bits per heavy atom. The predicted octanol–water partition coefficient (Wildman–Crippen LogP) is 4.20. The second-order valence-electron chi connectivity index (χ2n) is 3.23. The summed E-state index contributed by atoms with van der Waals surface area (Å²) in [6.07, 6.45) is 9.83. The standard InChI is InChI=1S/C13H18/c1-6-7-8-13(12(4)5)10-9-11(2)3/h6-10H,1-2H2,3-5H3/b8-7-,10-9-. The van der Waals surface area contributed by atoms with Gasteiger partial charge >= 0.3 is 0 Å². The Morgan fingerprint density at radius 1 is 1.00 bits per heavy atom. The summed E-state index contributed by atoms with van der Waals surface area (Å²) in [6, 6.07) is 0. The van der Waals surface area contributed by atoms with Crippen LogP contribution in [0.3, 0.4) is 0 Å². The molecule has 0 aliphatic rings. The largest absolute Gasteiger partial charge is 0.0991 e. The molecule has 0 radical (unpaired) electrons. The van der Waals surface area contributed by atoms with Gasteiger partial charge in [-0.3, -0.25) is 0 Å². The van der Waals surface area contributed by atoms with E-state index in [0.29, 0.717) is 0 Å². The molecule has 0 atom stereocenters. The Labute approximate surface area is 81.7 Å². The van der Waals surface area contributed by atoms with Gasteiger partial charge in [0.05, 0.1) is 0 Å². The van der Waals surface area contributed by atoms with Crippen LogP contribution in [0.2, 0.25) is 0 Å². The number of hydrogen-bond donors (Lipinski definition) is 0. The maximum Gasteiger partial charge on any atom is -0.0270 e. The highest BCUT2D eigenvalue weighted by Gasteiger charge is 1.88. The van der Waals surface area contributed by atoms with Crippen LogP contribution in [0.25, 0.3) is 0 Å². The average Bonchev–Trinajstić information content (AvgIpc) is 2.03. The normalized spacial score (nSPS) is 10.7. The average molecular weight is 174 g/mol. The molecule has 70 valence electrons. The molecule has 0 fully saturated rings. The lowest BCUT2D eigenvalue weighted by Crippen LogP contribution is -1.76. The SMILES string of the molecule is C=C/C=C\C(/C=C\C(=C)C)=C(C)C. The first-order valence-corrected chi connectivity index (χ1v) is 4.38. The van der Waals surface area contributed by atoms with Crippen molar-refractivity contribution >= 4 is 0 Å². The summed E-state index contributed by atoms with van der Waals surface area (Å²) in [6.45, 7) is 13.6. The molecule has 0 aliphatic carbocycles. The summed E-state index contributed by atoms with van der Waals surface area (Å²) in [4.78, 5) is 0. The van der Waals surface area contributed by atoms with Crippen molar-refractivity contribution < 1.29 is 0 Å². The summed E-state index contributed by atoms with van der Waals surface area (Å²) in [5.74, 6) is 0. The topological polar surface area (TPSA) is 0 Å². The summed E-state index contributed by atoms with van der Waals surface area (Å²) < 4.78 is 0. The first kappa shape index (κ1) is 11.7. The first-order valence-electron chi connectivity index (χ1n) is 4.38. The van der Waals surface area contributed by atoms with E-state index in [1.807, 2.05) is 25.2 Å². The van der Waals surface area contributed by atoms with E-state index >= 15 is 0 Å². The van der Waals surface area contributed by atoms with E-state index in [0.717, 1.165) is 5.57 Å². The van der Waals surface area contributed by atoms with Crippen molar-refractivity contribution in [1.29, 1.82) is 0 Å². The third kappa shape index (κ3) is 5.92. The predicted molar refractivity (Wildman–Crippen MR) is 61.7 cm³/mol. The molecule has 0 bridgehead atoms. The quantitative estimate of drug-likeness (QED) is 0.560. The highest BCUT2D eigenvalue weighted by atomic mass is 13.9. The summed E-state index contributed by atoms with van der Waals surface area (Å²) >= 11 is 0. The molecule has 0 saturated carbocycles. The van der Waals surface area contributed by atoms with E-state index in [-0.39, 0.29) is 0 Å². The van der Waals surface area contributed by atoms with E-state index in [1.54, 1.807) is 6.08 Å². The molecule has 0 aliphatic heterocycles. The molecule has 0 aromatic carbocycles. The van der Waals surface area contributed by atoms with Crippen LogP contribution in [0.1, 0.15) is 20.8 Å². The van der Waals surface area contributed by atoms with E-state index in [2.05, 4.69) is 33.1 Å². The minimum Gasteiger partial charge on any atom is -0.0991 e. The van der Waals surface area contributed by atoms with Crippen LogP contribution in [0, 0.1) is 0 Å². The maximum atomic E-state index is 3.81. The Hall–Kier alpha value is -1.30. The van der Waals surface area contributed by atoms with Crippen LogP contribution in [-0.4, -0.2) is 0 Å². The van der Waals surface area contributed by atoms with E-state index in [9.17, 15) is 0 Å². The Morgan fingerprint density at radius 2 is 1.62 bits per heavy atom. The van der Waals surface area contributed by atoms with Crippen molar-refractivity contribution in [2.45, 2.75) is 20.8 Å². The molecule has 0 aromatic rings. The lowest BCUT2D eigenvalue weighted by molar-refractivity contribution is 1.34. The fraction of sp³-hybridized carbons (Fsp3) is 0.231. The van der Waals surface area contributed by atoms with Gasteiger partial charge < -0.3 is 0 Å². The first-order chi connectivity index (χ1) is 6.07. The highest BCUT2D eigenvalue weighted by molar-refractivity contribution is 5.37. The van der Waals surface area contributed by atoms with Gasteiger partial charge in [0.2, 0.25) is 0 Å². The molecule has 13 heavy (non-hydrogen) atoms. The van der Waals surface area contributed by atoms with Crippen molar-refractivity contribution in [2.24, 2.45) is 0 Å². The van der Waals surface area contributed by atoms with Crippen molar-refractivity contribution in [2.75, 3.05) is 0 Å². The Bertz CT molecular complexity index is 268. The van der Waals surface area contributed by atoms with Gasteiger partial charge in [0.15, 0.2) is 0 Å². The molecule has 0 amide bonds. The van der Waals surface area contributed by atoms with Crippen molar-refractivity contribution in [3.8, 4) is 0 Å². The third-order valence-electron chi connectivity index (χ3n) is 1.54. The van der Waals surface area contributed by atoms with Crippen molar-refractivity contribution in [3.63, 3.8) is 0 Å². The van der Waals surface area contributed by atoms with Crippen LogP contribution >= 0.6 is 0 Å². The summed E-state index contributed by atoms with van der Waals surface area (Å²) in [5.41, 5.74) is 3.56. The van der Waals surface area contributed by atoms with E-state index in [1.165, 1.54) is 11.1 Å². The smallest absolute Gasteiger partial charge is 0.0270 e. The van der Waals surface area contributed by atoms with Gasteiger partial charge in [-0.05, 0) is 26.3 Å². The molecule has 0 heteroatoms. The van der Waals surface area contributed by atoms with Crippen LogP contribution in [-0.2, 0) is 0 Å². The van der Waals surface area contributed by atoms with Gasteiger partial charge in [-0.1, -0.05) is 54.7 Å². The van der Waals surface area contributed by atoms with Gasteiger partial charge in [0.1, 0.15) is 0 Å². The summed E-state index contributed by atoms with van der Waals surface area (Å²) in [5, 5.41) is 0. The molecule has 0 aromatic heterocycles. The van der Waals surface area contributed by atoms with Crippen LogP contribution in [0.5, 0.6) is 0 Å². The minimum absolute atomic E-state index is 1.06. The van der Waals surface area contributed by atoms with Gasteiger partial charge in [-0.25, -0.2) is 0 Å². The van der Waals surface area contributed by atoms with Crippen molar-refractivity contribution in [1.82, 2.24) is 0 Å². The lowest BCUT2D eigenvalue weighted by atomic mass is 10.1. The number of rotatable bonds is 4.